The Morgan fingerprint density at radius 1 is 0.183 bits per heavy atom. The Morgan fingerprint density at radius 3 is 0.352 bits per heavy atom. The quantitative estimate of drug-likeness (QED) is 0.0528. The largest absolute Gasteiger partial charge is 5.00 e. The van der Waals surface area contributed by atoms with E-state index >= 15 is 0 Å². The van der Waals surface area contributed by atoms with Crippen LogP contribution in [0.1, 0.15) is 356 Å². The molecule has 0 amide bonds. The molecule has 0 aliphatic rings. The summed E-state index contributed by atoms with van der Waals surface area (Å²) < 4.78 is 0. The van der Waals surface area contributed by atoms with E-state index in [9.17, 15) is 49.5 Å². The summed E-state index contributed by atoms with van der Waals surface area (Å²) in [7, 11) is 0. The van der Waals surface area contributed by atoms with E-state index in [-0.39, 0.29) is 50.7 Å². The third-order valence-corrected chi connectivity index (χ3v) is 12.4. The van der Waals surface area contributed by atoms with Crippen LogP contribution in [0, 0.1) is 0 Å². The van der Waals surface area contributed by atoms with Gasteiger partial charge in [-0.25, -0.2) is 0 Å². The van der Waals surface area contributed by atoms with Crippen LogP contribution >= 0.6 is 0 Å². The predicted octanol–water partition coefficient (Wildman–Crippen LogP) is 13.3. The van der Waals surface area contributed by atoms with Crippen molar-refractivity contribution in [3.8, 4) is 0 Å². The van der Waals surface area contributed by atoms with Crippen LogP contribution < -0.4 is 25.5 Å². The number of carbonyl (C=O) groups is 5. The second-order valence-electron chi connectivity index (χ2n) is 19.8. The second-order valence-corrected chi connectivity index (χ2v) is 19.8. The van der Waals surface area contributed by atoms with Crippen molar-refractivity contribution < 1.29 is 68.1 Å². The van der Waals surface area contributed by atoms with Crippen molar-refractivity contribution in [2.24, 2.45) is 0 Å². The van der Waals surface area contributed by atoms with E-state index in [0.717, 1.165) is 64.2 Å². The number of aliphatic carboxylic acids is 5. The first-order valence-electron chi connectivity index (χ1n) is 29.8. The van der Waals surface area contributed by atoms with Gasteiger partial charge in [-0.3, -0.25) is 0 Å². The molecule has 0 heterocycles. The van der Waals surface area contributed by atoms with Crippen LogP contribution in [0.25, 0.3) is 0 Å². The summed E-state index contributed by atoms with van der Waals surface area (Å²) in [5.74, 6) is -4.55. The van der Waals surface area contributed by atoms with Crippen LogP contribution in [0.5, 0.6) is 0 Å². The Hall–Kier alpha value is -2.07. The number of rotatable bonds is 50. The van der Waals surface area contributed by atoms with Gasteiger partial charge in [0.05, 0.1) is 0 Å². The first-order chi connectivity index (χ1) is 33.9. The number of hydrogen-bond donors (Lipinski definition) is 0. The summed E-state index contributed by atoms with van der Waals surface area (Å²) in [5.41, 5.74) is 0. The Bertz CT molecular complexity index is 855. The second kappa shape index (κ2) is 76.8. The Morgan fingerprint density at radius 2 is 0.268 bits per heavy atom. The number of carbonyl (C=O) groups excluding carboxylic acids is 5. The van der Waals surface area contributed by atoms with Gasteiger partial charge in [0.1, 0.15) is 0 Å². The summed E-state index contributed by atoms with van der Waals surface area (Å²) in [4.78, 5) is 50.5. The Kier molecular flexibility index (Phi) is 86.9. The van der Waals surface area contributed by atoms with Crippen LogP contribution in [0.2, 0.25) is 0 Å². The third kappa shape index (κ3) is 105. The Balaban J connectivity index is -0.000000185. The molecule has 0 aromatic rings. The molecule has 0 bridgehead atoms. The number of carboxylic acid groups (broad SMARTS) is 5. The van der Waals surface area contributed by atoms with Crippen LogP contribution in [-0.2, 0) is 42.5 Å². The fraction of sp³-hybridized carbons (Fsp3) is 0.917. The van der Waals surface area contributed by atoms with E-state index in [1.54, 1.807) is 0 Å². The van der Waals surface area contributed by atoms with Crippen LogP contribution in [0.4, 0.5) is 0 Å². The van der Waals surface area contributed by atoms with Crippen LogP contribution in [0.3, 0.4) is 0 Å². The number of unbranched alkanes of at least 4 members (excludes halogenated alkanes) is 40. The molecule has 11 heteroatoms. The molecule has 0 saturated heterocycles. The average molecular weight is 1050 g/mol. The van der Waals surface area contributed by atoms with Crippen molar-refractivity contribution in [2.75, 3.05) is 0 Å². The topological polar surface area (TPSA) is 201 Å². The van der Waals surface area contributed by atoms with Crippen molar-refractivity contribution in [2.45, 2.75) is 356 Å². The normalized spacial score (nSPS) is 10.2. The summed E-state index contributed by atoms with van der Waals surface area (Å²) in [6, 6.07) is 0. The number of hydrogen-bond acceptors (Lipinski definition) is 10. The van der Waals surface area contributed by atoms with Gasteiger partial charge in [-0.05, 0) is 64.2 Å². The molecule has 0 unspecified atom stereocenters. The van der Waals surface area contributed by atoms with E-state index in [1.807, 2.05) is 0 Å². The molecule has 0 N–H and O–H groups in total. The molecule has 0 aliphatic heterocycles. The minimum absolute atomic E-state index is 0. The summed E-state index contributed by atoms with van der Waals surface area (Å²) in [5, 5.41) is 50.5. The molecule has 0 saturated carbocycles. The summed E-state index contributed by atoms with van der Waals surface area (Å²) in [6.45, 7) is 11.1. The van der Waals surface area contributed by atoms with Gasteiger partial charge in [0, 0.05) is 29.8 Å². The molecule has 0 spiro atoms. The molecule has 0 radical (unpaired) electrons. The first kappa shape index (κ1) is 80.3. The molecule has 0 aliphatic carbocycles. The van der Waals surface area contributed by atoms with Gasteiger partial charge in [0.15, 0.2) is 0 Å². The van der Waals surface area contributed by atoms with Crippen LogP contribution in [0.15, 0.2) is 0 Å². The van der Waals surface area contributed by atoms with E-state index in [0.29, 0.717) is 0 Å². The minimum Gasteiger partial charge on any atom is -0.550 e. The minimum atomic E-state index is -0.909. The van der Waals surface area contributed by atoms with Gasteiger partial charge in [0.25, 0.3) is 0 Å². The standard InChI is InChI=1S/5C12H24O2.V/c5*1-2-3-4-5-6-7-8-9-10-11-12(13)14;/h5*2-11H2,1H3,(H,13,14);/q;;;;;+5/p-5. The molecule has 0 atom stereocenters. The fourth-order valence-electron chi connectivity index (χ4n) is 7.90. The van der Waals surface area contributed by atoms with E-state index in [2.05, 4.69) is 34.6 Å². The molecule has 420 valence electrons. The SMILES string of the molecule is CCCCCCCCCCCC(=O)[O-].CCCCCCCCCCCC(=O)[O-].CCCCCCCCCCCC(=O)[O-].CCCCCCCCCCCC(=O)[O-].CCCCCCCCCCCC(=O)[O-].[V+5]. The van der Waals surface area contributed by atoms with Gasteiger partial charge in [-0.1, -0.05) is 291 Å². The van der Waals surface area contributed by atoms with Crippen LogP contribution in [-0.4, -0.2) is 29.8 Å². The smallest absolute Gasteiger partial charge is 0.550 e. The maximum Gasteiger partial charge on any atom is 5.00 e. The van der Waals surface area contributed by atoms with Crippen molar-refractivity contribution in [3.63, 3.8) is 0 Å². The average Bonchev–Trinajstić information content (AvgIpc) is 3.32. The molecule has 0 aromatic heterocycles. The Labute approximate surface area is 451 Å². The fourth-order valence-corrected chi connectivity index (χ4v) is 7.90. The zero-order valence-electron chi connectivity index (χ0n) is 47.4. The van der Waals surface area contributed by atoms with Crippen molar-refractivity contribution in [3.05, 3.63) is 0 Å². The molecular weight excluding hydrogens is 932 g/mol. The van der Waals surface area contributed by atoms with Gasteiger partial charge >= 0.3 is 18.6 Å². The van der Waals surface area contributed by atoms with Crippen molar-refractivity contribution >= 4 is 29.8 Å². The summed E-state index contributed by atoms with van der Waals surface area (Å²) >= 11 is 0. The molecule has 10 nitrogen and oxygen atoms in total. The van der Waals surface area contributed by atoms with Gasteiger partial charge in [-0.15, -0.1) is 0 Å². The summed E-state index contributed by atoms with van der Waals surface area (Å²) in [6.07, 6.45) is 55.8. The maximum absolute atomic E-state index is 10.1. The number of carboxylic acids is 5. The zero-order chi connectivity index (χ0) is 53.2. The van der Waals surface area contributed by atoms with E-state index in [1.165, 1.54) is 225 Å². The zero-order valence-corrected chi connectivity index (χ0v) is 48.8. The van der Waals surface area contributed by atoms with E-state index in [4.69, 9.17) is 0 Å². The molecule has 0 aromatic carbocycles. The monoisotopic (exact) mass is 1050 g/mol. The molecule has 0 rings (SSSR count). The molecule has 71 heavy (non-hydrogen) atoms. The predicted molar refractivity (Wildman–Crippen MR) is 284 cm³/mol. The first-order valence-corrected chi connectivity index (χ1v) is 29.8. The molecular formula is C60H115O10V. The van der Waals surface area contributed by atoms with E-state index < -0.39 is 29.8 Å². The molecule has 0 fully saturated rings. The van der Waals surface area contributed by atoms with Crippen molar-refractivity contribution in [1.29, 1.82) is 0 Å². The van der Waals surface area contributed by atoms with Gasteiger partial charge in [-0.2, -0.15) is 0 Å². The van der Waals surface area contributed by atoms with Gasteiger partial charge < -0.3 is 49.5 Å². The third-order valence-electron chi connectivity index (χ3n) is 12.4. The van der Waals surface area contributed by atoms with Gasteiger partial charge in [0.2, 0.25) is 0 Å². The maximum atomic E-state index is 10.1. The van der Waals surface area contributed by atoms with Crippen molar-refractivity contribution in [1.82, 2.24) is 0 Å².